The van der Waals surface area contributed by atoms with Crippen molar-refractivity contribution in [3.05, 3.63) is 64.1 Å². The predicted molar refractivity (Wildman–Crippen MR) is 110 cm³/mol. The summed E-state index contributed by atoms with van der Waals surface area (Å²) in [6.07, 6.45) is 0.298. The van der Waals surface area contributed by atoms with Crippen LogP contribution in [0.3, 0.4) is 0 Å². The molecule has 0 aliphatic heterocycles. The van der Waals surface area contributed by atoms with Gasteiger partial charge in [0.25, 0.3) is 0 Å². The Morgan fingerprint density at radius 2 is 1.85 bits per heavy atom. The lowest BCUT2D eigenvalue weighted by Crippen LogP contribution is -2.35. The van der Waals surface area contributed by atoms with Crippen molar-refractivity contribution < 1.29 is 9.90 Å². The number of phenols is 1. The van der Waals surface area contributed by atoms with Crippen molar-refractivity contribution in [1.82, 2.24) is 10.2 Å². The van der Waals surface area contributed by atoms with Gasteiger partial charge in [0.1, 0.15) is 5.75 Å². The third-order valence-electron chi connectivity index (χ3n) is 4.60. The van der Waals surface area contributed by atoms with E-state index in [1.54, 1.807) is 12.1 Å². The summed E-state index contributed by atoms with van der Waals surface area (Å²) in [5, 5.41) is 13.3. The summed E-state index contributed by atoms with van der Waals surface area (Å²) in [7, 11) is 0. The molecule has 1 unspecified atom stereocenters. The van der Waals surface area contributed by atoms with Crippen molar-refractivity contribution in [3.8, 4) is 5.75 Å². The first-order valence-electron chi connectivity index (χ1n) is 9.07. The number of halogens is 1. The molecule has 0 aromatic heterocycles. The van der Waals surface area contributed by atoms with Crippen molar-refractivity contribution in [2.24, 2.45) is 0 Å². The molecule has 0 saturated heterocycles. The van der Waals surface area contributed by atoms with Crippen LogP contribution in [0.25, 0.3) is 0 Å². The predicted octanol–water partition coefficient (Wildman–Crippen LogP) is 4.13. The van der Waals surface area contributed by atoms with Gasteiger partial charge in [0.15, 0.2) is 0 Å². The van der Waals surface area contributed by atoms with Crippen LogP contribution in [0.15, 0.2) is 53.0 Å². The standard InChI is InChI=1S/C21H27BrN2O2/c1-3-24(4-2)13-12-23-21(26)15-18(16-8-6-5-7-9-16)19-14-17(22)10-11-20(19)25/h5-11,14,18,25H,3-4,12-13,15H2,1-2H3,(H,23,26). The molecule has 0 heterocycles. The monoisotopic (exact) mass is 418 g/mol. The SMILES string of the molecule is CCN(CC)CCNC(=O)CC(c1ccccc1)c1cc(Br)ccc1O. The first-order chi connectivity index (χ1) is 12.5. The second kappa shape index (κ2) is 10.3. The molecule has 0 spiro atoms. The van der Waals surface area contributed by atoms with Gasteiger partial charge in [-0.15, -0.1) is 0 Å². The molecule has 1 amide bonds. The number of rotatable bonds is 9. The summed E-state index contributed by atoms with van der Waals surface area (Å²) in [5.74, 6) is 0.00512. The summed E-state index contributed by atoms with van der Waals surface area (Å²) >= 11 is 3.46. The third-order valence-corrected chi connectivity index (χ3v) is 5.09. The van der Waals surface area contributed by atoms with Crippen molar-refractivity contribution in [2.75, 3.05) is 26.2 Å². The van der Waals surface area contributed by atoms with Crippen LogP contribution < -0.4 is 5.32 Å². The van der Waals surface area contributed by atoms with Gasteiger partial charge in [-0.1, -0.05) is 60.1 Å². The number of likely N-dealkylation sites (N-methyl/N-ethyl adjacent to an activating group) is 1. The van der Waals surface area contributed by atoms with E-state index in [1.807, 2.05) is 36.4 Å². The molecule has 2 aromatic rings. The van der Waals surface area contributed by atoms with Gasteiger partial charge in [-0.3, -0.25) is 4.79 Å². The lowest BCUT2D eigenvalue weighted by Gasteiger charge is -2.21. The number of nitrogens with zero attached hydrogens (tertiary/aromatic N) is 1. The van der Waals surface area contributed by atoms with E-state index in [2.05, 4.69) is 40.0 Å². The summed E-state index contributed by atoms with van der Waals surface area (Å²) in [5.41, 5.74) is 1.77. The minimum atomic E-state index is -0.192. The first-order valence-corrected chi connectivity index (χ1v) is 9.86. The molecular formula is C21H27BrN2O2. The maximum absolute atomic E-state index is 12.5. The number of phenolic OH excluding ortho intramolecular Hbond substituents is 1. The number of hydrogen-bond acceptors (Lipinski definition) is 3. The van der Waals surface area contributed by atoms with Crippen LogP contribution in [-0.2, 0) is 4.79 Å². The van der Waals surface area contributed by atoms with Crippen molar-refractivity contribution >= 4 is 21.8 Å². The molecule has 140 valence electrons. The minimum Gasteiger partial charge on any atom is -0.508 e. The maximum atomic E-state index is 12.5. The Hall–Kier alpha value is -1.85. The van der Waals surface area contributed by atoms with E-state index in [-0.39, 0.29) is 17.6 Å². The Morgan fingerprint density at radius 1 is 1.15 bits per heavy atom. The summed E-state index contributed by atoms with van der Waals surface area (Å²) in [6, 6.07) is 15.2. The number of carbonyl (C=O) groups excluding carboxylic acids is 1. The summed E-state index contributed by atoms with van der Waals surface area (Å²) < 4.78 is 0.883. The molecule has 26 heavy (non-hydrogen) atoms. The van der Waals surface area contributed by atoms with E-state index in [0.29, 0.717) is 13.0 Å². The molecule has 0 saturated carbocycles. The zero-order chi connectivity index (χ0) is 18.9. The number of carbonyl (C=O) groups is 1. The van der Waals surface area contributed by atoms with Gasteiger partial charge in [0.2, 0.25) is 5.91 Å². The van der Waals surface area contributed by atoms with E-state index in [1.165, 1.54) is 0 Å². The molecular weight excluding hydrogens is 392 g/mol. The highest BCUT2D eigenvalue weighted by molar-refractivity contribution is 9.10. The van der Waals surface area contributed by atoms with Crippen LogP contribution in [0.2, 0.25) is 0 Å². The van der Waals surface area contributed by atoms with Gasteiger partial charge >= 0.3 is 0 Å². The van der Waals surface area contributed by atoms with Gasteiger partial charge in [-0.2, -0.15) is 0 Å². The molecule has 4 nitrogen and oxygen atoms in total. The molecule has 2 rings (SSSR count). The fourth-order valence-corrected chi connectivity index (χ4v) is 3.43. The second-order valence-corrected chi connectivity index (χ2v) is 7.16. The molecule has 2 N–H and O–H groups in total. The van der Waals surface area contributed by atoms with Crippen LogP contribution >= 0.6 is 15.9 Å². The van der Waals surface area contributed by atoms with E-state index in [9.17, 15) is 9.90 Å². The maximum Gasteiger partial charge on any atom is 0.220 e. The van der Waals surface area contributed by atoms with Crippen molar-refractivity contribution in [1.29, 1.82) is 0 Å². The minimum absolute atomic E-state index is 0.00890. The van der Waals surface area contributed by atoms with Gasteiger partial charge in [-0.25, -0.2) is 0 Å². The number of aromatic hydroxyl groups is 1. The highest BCUT2D eigenvalue weighted by Crippen LogP contribution is 2.35. The quantitative estimate of drug-likeness (QED) is 0.643. The molecule has 0 aliphatic rings. The largest absolute Gasteiger partial charge is 0.508 e. The molecule has 2 aromatic carbocycles. The van der Waals surface area contributed by atoms with E-state index >= 15 is 0 Å². The summed E-state index contributed by atoms with van der Waals surface area (Å²) in [4.78, 5) is 14.8. The average Bonchev–Trinajstić information content (AvgIpc) is 2.66. The lowest BCUT2D eigenvalue weighted by atomic mass is 9.87. The molecule has 5 heteroatoms. The highest BCUT2D eigenvalue weighted by Gasteiger charge is 2.21. The Kier molecular flexibility index (Phi) is 8.13. The van der Waals surface area contributed by atoms with Crippen LogP contribution in [0.5, 0.6) is 5.75 Å². The van der Waals surface area contributed by atoms with Crippen molar-refractivity contribution in [3.63, 3.8) is 0 Å². The normalized spacial score (nSPS) is 12.2. The van der Waals surface area contributed by atoms with Gasteiger partial charge < -0.3 is 15.3 Å². The fourth-order valence-electron chi connectivity index (χ4n) is 3.05. The second-order valence-electron chi connectivity index (χ2n) is 6.25. The zero-order valence-corrected chi connectivity index (χ0v) is 17.0. The van der Waals surface area contributed by atoms with Gasteiger partial charge in [0, 0.05) is 35.5 Å². The molecule has 0 bridgehead atoms. The lowest BCUT2D eigenvalue weighted by molar-refractivity contribution is -0.121. The Balaban J connectivity index is 2.13. The molecule has 0 radical (unpaired) electrons. The molecule has 1 atom stereocenters. The average molecular weight is 419 g/mol. The van der Waals surface area contributed by atoms with E-state index in [0.717, 1.165) is 35.2 Å². The number of nitrogens with one attached hydrogen (secondary N) is 1. The molecule has 0 fully saturated rings. The van der Waals surface area contributed by atoms with Gasteiger partial charge in [-0.05, 0) is 36.9 Å². The smallest absolute Gasteiger partial charge is 0.220 e. The fraction of sp³-hybridized carbons (Fsp3) is 0.381. The topological polar surface area (TPSA) is 52.6 Å². The third kappa shape index (κ3) is 5.85. The first kappa shape index (κ1) is 20.5. The Bertz CT molecular complexity index is 702. The van der Waals surface area contributed by atoms with Crippen LogP contribution in [0.1, 0.15) is 37.3 Å². The summed E-state index contributed by atoms with van der Waals surface area (Å²) in [6.45, 7) is 7.67. The highest BCUT2D eigenvalue weighted by atomic mass is 79.9. The van der Waals surface area contributed by atoms with Crippen LogP contribution in [-0.4, -0.2) is 42.1 Å². The number of benzene rings is 2. The molecule has 0 aliphatic carbocycles. The Morgan fingerprint density at radius 3 is 2.50 bits per heavy atom. The zero-order valence-electron chi connectivity index (χ0n) is 15.4. The number of hydrogen-bond donors (Lipinski definition) is 2. The van der Waals surface area contributed by atoms with Crippen LogP contribution in [0.4, 0.5) is 0 Å². The Labute approximate surface area is 164 Å². The van der Waals surface area contributed by atoms with E-state index in [4.69, 9.17) is 0 Å². The van der Waals surface area contributed by atoms with Crippen molar-refractivity contribution in [2.45, 2.75) is 26.2 Å². The van der Waals surface area contributed by atoms with E-state index < -0.39 is 0 Å². The number of amides is 1. The van der Waals surface area contributed by atoms with Gasteiger partial charge in [0.05, 0.1) is 0 Å². The van der Waals surface area contributed by atoms with Crippen LogP contribution in [0, 0.1) is 0 Å².